The summed E-state index contributed by atoms with van der Waals surface area (Å²) < 4.78 is 5.27. The van der Waals surface area contributed by atoms with Crippen LogP contribution in [0.25, 0.3) is 0 Å². The number of amides is 1. The molecule has 4 atom stereocenters. The Hall–Kier alpha value is -3.90. The number of aromatic hydroxyl groups is 1. The van der Waals surface area contributed by atoms with Crippen LogP contribution in [0.1, 0.15) is 52.5 Å². The SMILES string of the molecule is CCCCOC(=O)c1cc(N(C)C)c2c(c1O)C(=O)C1=C(O)C3(O)C(=O)C(C(N)=O)=C(O)[C@@H](N(C)C)[C@@H]3C[C@@H]1C2. The van der Waals surface area contributed by atoms with Gasteiger partial charge in [0, 0.05) is 31.3 Å². The second-order valence-corrected chi connectivity index (χ2v) is 11.0. The summed E-state index contributed by atoms with van der Waals surface area (Å²) in [7, 11) is 6.55. The van der Waals surface area contributed by atoms with E-state index >= 15 is 0 Å². The van der Waals surface area contributed by atoms with E-state index in [0.29, 0.717) is 17.7 Å². The monoisotopic (exact) mass is 557 g/mol. The normalized spacial score (nSPS) is 25.9. The van der Waals surface area contributed by atoms with Crippen LogP contribution in [0.3, 0.4) is 0 Å². The molecule has 1 aromatic carbocycles. The number of carbonyl (C=O) groups is 4. The summed E-state index contributed by atoms with van der Waals surface area (Å²) in [6.45, 7) is 2.05. The largest absolute Gasteiger partial charge is 0.510 e. The molecule has 216 valence electrons. The second-order valence-electron chi connectivity index (χ2n) is 11.0. The molecule has 6 N–H and O–H groups in total. The standard InChI is InChI=1S/C28H35N3O9/c1-6-7-8-40-27(38)14-11-16(30(2)3)13-9-12-10-15-20(31(4)5)23(34)19(26(29)37)25(36)28(15,39)24(35)17(12)22(33)18(13)21(14)32/h11-12,15,20,32,34-35,39H,6-10H2,1-5H3,(H2,29,37)/t12-,15-,20-,28?/m0/s1. The number of fused-ring (bicyclic) bond motifs is 3. The van der Waals surface area contributed by atoms with E-state index in [-0.39, 0.29) is 36.1 Å². The first-order chi connectivity index (χ1) is 18.7. The Kier molecular flexibility index (Phi) is 7.46. The zero-order chi connectivity index (χ0) is 29.8. The number of ketones is 2. The molecule has 3 aliphatic rings. The summed E-state index contributed by atoms with van der Waals surface area (Å²) in [5, 5.41) is 45.2. The Morgan fingerprint density at radius 2 is 1.80 bits per heavy atom. The number of primary amides is 1. The molecule has 0 aromatic heterocycles. The van der Waals surface area contributed by atoms with Gasteiger partial charge in [-0.3, -0.25) is 19.3 Å². The van der Waals surface area contributed by atoms with E-state index < -0.39 is 69.8 Å². The van der Waals surface area contributed by atoms with Crippen LogP contribution in [-0.4, -0.2) is 95.2 Å². The number of phenols is 1. The van der Waals surface area contributed by atoms with Crippen molar-refractivity contribution in [2.24, 2.45) is 17.6 Å². The minimum Gasteiger partial charge on any atom is -0.510 e. The Morgan fingerprint density at radius 3 is 2.35 bits per heavy atom. The van der Waals surface area contributed by atoms with Gasteiger partial charge in [0.2, 0.25) is 5.78 Å². The van der Waals surface area contributed by atoms with Gasteiger partial charge in [0.25, 0.3) is 5.91 Å². The number of nitrogens with zero attached hydrogens (tertiary/aromatic N) is 2. The topological polar surface area (TPSA) is 191 Å². The molecule has 0 aliphatic heterocycles. The molecule has 0 fully saturated rings. The number of phenolic OH excluding ortho intramolecular Hbond substituents is 1. The van der Waals surface area contributed by atoms with Crippen molar-refractivity contribution in [3.63, 3.8) is 0 Å². The summed E-state index contributed by atoms with van der Waals surface area (Å²) in [6.07, 6.45) is 1.47. The van der Waals surface area contributed by atoms with Crippen LogP contribution in [0.2, 0.25) is 0 Å². The molecule has 0 saturated heterocycles. The van der Waals surface area contributed by atoms with Gasteiger partial charge >= 0.3 is 5.97 Å². The van der Waals surface area contributed by atoms with Crippen molar-refractivity contribution in [2.75, 3.05) is 39.7 Å². The van der Waals surface area contributed by atoms with E-state index in [2.05, 4.69) is 0 Å². The van der Waals surface area contributed by atoms with E-state index in [9.17, 15) is 39.6 Å². The quantitative estimate of drug-likeness (QED) is 0.183. The molecule has 1 amide bonds. The number of Topliss-reactive ketones (excluding diaryl/α,β-unsaturated/α-hetero) is 2. The van der Waals surface area contributed by atoms with Crippen LogP contribution in [0.4, 0.5) is 5.69 Å². The highest BCUT2D eigenvalue weighted by Crippen LogP contribution is 2.53. The molecule has 40 heavy (non-hydrogen) atoms. The Morgan fingerprint density at radius 1 is 1.15 bits per heavy atom. The van der Waals surface area contributed by atoms with Crippen molar-refractivity contribution < 1.29 is 44.3 Å². The van der Waals surface area contributed by atoms with Gasteiger partial charge in [-0.1, -0.05) is 13.3 Å². The first-order valence-corrected chi connectivity index (χ1v) is 13.1. The third kappa shape index (κ3) is 4.13. The zero-order valence-electron chi connectivity index (χ0n) is 23.1. The van der Waals surface area contributed by atoms with Crippen LogP contribution in [0.15, 0.2) is 28.7 Å². The molecule has 1 unspecified atom stereocenters. The number of carbonyl (C=O) groups excluding carboxylic acids is 4. The Bertz CT molecular complexity index is 1380. The van der Waals surface area contributed by atoms with Crippen LogP contribution in [-0.2, 0) is 20.7 Å². The van der Waals surface area contributed by atoms with Crippen molar-refractivity contribution in [3.8, 4) is 5.75 Å². The zero-order valence-corrected chi connectivity index (χ0v) is 23.1. The highest BCUT2D eigenvalue weighted by molar-refractivity contribution is 6.25. The number of anilines is 1. The van der Waals surface area contributed by atoms with Crippen LogP contribution < -0.4 is 10.6 Å². The lowest BCUT2D eigenvalue weighted by Gasteiger charge is -2.50. The van der Waals surface area contributed by atoms with Crippen molar-refractivity contribution in [2.45, 2.75) is 44.2 Å². The van der Waals surface area contributed by atoms with Gasteiger partial charge < -0.3 is 35.8 Å². The summed E-state index contributed by atoms with van der Waals surface area (Å²) in [5.41, 5.74) is 1.88. The predicted octanol–water partition coefficient (Wildman–Crippen LogP) is 1.14. The average molecular weight is 558 g/mol. The minimum atomic E-state index is -2.73. The fraction of sp³-hybridized carbons (Fsp3) is 0.500. The average Bonchev–Trinajstić information content (AvgIpc) is 2.85. The van der Waals surface area contributed by atoms with E-state index in [1.54, 1.807) is 33.1 Å². The number of hydrogen-bond acceptors (Lipinski definition) is 11. The lowest BCUT2D eigenvalue weighted by molar-refractivity contribution is -0.148. The maximum atomic E-state index is 14.0. The predicted molar refractivity (Wildman–Crippen MR) is 143 cm³/mol. The minimum absolute atomic E-state index is 0.0276. The molecular formula is C28H35N3O9. The van der Waals surface area contributed by atoms with Crippen molar-refractivity contribution >= 4 is 29.1 Å². The number of allylic oxidation sites excluding steroid dienone is 1. The smallest absolute Gasteiger partial charge is 0.342 e. The molecule has 0 spiro atoms. The van der Waals surface area contributed by atoms with Gasteiger partial charge in [-0.15, -0.1) is 0 Å². The molecule has 1 aromatic rings. The molecule has 0 radical (unpaired) electrons. The van der Waals surface area contributed by atoms with Gasteiger partial charge in [-0.2, -0.15) is 0 Å². The number of likely N-dealkylation sites (N-methyl/N-ethyl adjacent to an activating group) is 1. The molecule has 12 nitrogen and oxygen atoms in total. The first-order valence-electron chi connectivity index (χ1n) is 13.1. The fourth-order valence-corrected chi connectivity index (χ4v) is 6.24. The first kappa shape index (κ1) is 29.1. The summed E-state index contributed by atoms with van der Waals surface area (Å²) in [4.78, 5) is 55.5. The number of esters is 1. The van der Waals surface area contributed by atoms with Crippen molar-refractivity contribution in [3.05, 3.63) is 45.4 Å². The van der Waals surface area contributed by atoms with Gasteiger partial charge in [0.1, 0.15) is 28.4 Å². The lowest BCUT2D eigenvalue weighted by Crippen LogP contribution is -2.63. The number of aliphatic hydroxyl groups excluding tert-OH is 2. The van der Waals surface area contributed by atoms with E-state index in [1.165, 1.54) is 11.0 Å². The van der Waals surface area contributed by atoms with Crippen LogP contribution in [0.5, 0.6) is 5.75 Å². The fourth-order valence-electron chi connectivity index (χ4n) is 6.24. The highest BCUT2D eigenvalue weighted by Gasteiger charge is 2.63. The van der Waals surface area contributed by atoms with Gasteiger partial charge in [-0.25, -0.2) is 4.79 Å². The van der Waals surface area contributed by atoms with Crippen LogP contribution >= 0.6 is 0 Å². The summed E-state index contributed by atoms with van der Waals surface area (Å²) in [6, 6.07) is 0.372. The third-order valence-electron chi connectivity index (χ3n) is 8.13. The van der Waals surface area contributed by atoms with Gasteiger partial charge in [0.05, 0.1) is 18.2 Å². The van der Waals surface area contributed by atoms with E-state index in [4.69, 9.17) is 10.5 Å². The number of aliphatic hydroxyl groups is 3. The lowest BCUT2D eigenvalue weighted by atomic mass is 9.58. The number of benzene rings is 1. The van der Waals surface area contributed by atoms with Crippen LogP contribution in [0, 0.1) is 11.8 Å². The summed E-state index contributed by atoms with van der Waals surface area (Å²) in [5.74, 6) is -8.35. The van der Waals surface area contributed by atoms with E-state index in [1.807, 2.05) is 6.92 Å². The second kappa shape index (κ2) is 10.3. The number of hydrogen-bond donors (Lipinski definition) is 5. The maximum absolute atomic E-state index is 14.0. The Labute approximate surface area is 231 Å². The van der Waals surface area contributed by atoms with Gasteiger partial charge in [0.15, 0.2) is 11.4 Å². The molecule has 3 aliphatic carbocycles. The number of ether oxygens (including phenoxy) is 1. The number of rotatable bonds is 7. The molecule has 0 saturated carbocycles. The summed E-state index contributed by atoms with van der Waals surface area (Å²) >= 11 is 0. The maximum Gasteiger partial charge on any atom is 0.342 e. The number of unbranched alkanes of at least 4 members (excludes halogenated alkanes) is 1. The molecule has 0 heterocycles. The van der Waals surface area contributed by atoms with Gasteiger partial charge in [-0.05, 0) is 50.9 Å². The van der Waals surface area contributed by atoms with E-state index in [0.717, 1.165) is 6.42 Å². The van der Waals surface area contributed by atoms with Crippen molar-refractivity contribution in [1.82, 2.24) is 4.90 Å². The number of nitrogens with two attached hydrogens (primary N) is 1. The Balaban J connectivity index is 1.93. The highest BCUT2D eigenvalue weighted by atomic mass is 16.5. The third-order valence-corrected chi connectivity index (χ3v) is 8.13. The molecule has 0 bridgehead atoms. The molecule has 12 heteroatoms. The van der Waals surface area contributed by atoms with Crippen molar-refractivity contribution in [1.29, 1.82) is 0 Å². The molecule has 4 rings (SSSR count). The molecular weight excluding hydrogens is 522 g/mol.